The van der Waals surface area contributed by atoms with Crippen molar-refractivity contribution in [2.24, 2.45) is 0 Å². The highest BCUT2D eigenvalue weighted by Crippen LogP contribution is 2.33. The number of rotatable bonds is 1. The Morgan fingerprint density at radius 2 is 2.06 bits per heavy atom. The summed E-state index contributed by atoms with van der Waals surface area (Å²) >= 11 is 10.7. The van der Waals surface area contributed by atoms with Gasteiger partial charge in [0.15, 0.2) is 0 Å². The van der Waals surface area contributed by atoms with Gasteiger partial charge in [-0.25, -0.2) is 5.10 Å². The number of nitrogens with two attached hydrogens (primary N) is 1. The average molecular weight is 295 g/mol. The van der Waals surface area contributed by atoms with Crippen LogP contribution in [0.25, 0.3) is 5.69 Å². The lowest BCUT2D eigenvalue weighted by molar-refractivity contribution is -0.137. The van der Waals surface area contributed by atoms with Crippen LogP contribution >= 0.6 is 23.8 Å². The minimum Gasteiger partial charge on any atom is -0.368 e. The van der Waals surface area contributed by atoms with Gasteiger partial charge in [0, 0.05) is 0 Å². The quantitative estimate of drug-likeness (QED) is 0.794. The summed E-state index contributed by atoms with van der Waals surface area (Å²) in [5, 5.41) is 5.95. The zero-order chi connectivity index (χ0) is 13.5. The van der Waals surface area contributed by atoms with Gasteiger partial charge in [0.05, 0.1) is 16.3 Å². The molecule has 0 aliphatic heterocycles. The van der Waals surface area contributed by atoms with E-state index in [-0.39, 0.29) is 21.4 Å². The Morgan fingerprint density at radius 1 is 1.39 bits per heavy atom. The molecule has 2 rings (SSSR count). The molecule has 0 saturated carbocycles. The van der Waals surface area contributed by atoms with E-state index in [1.807, 2.05) is 0 Å². The Hall–Kier alpha value is -1.54. The van der Waals surface area contributed by atoms with Crippen LogP contribution in [0.2, 0.25) is 5.02 Å². The van der Waals surface area contributed by atoms with Crippen LogP contribution in [0.1, 0.15) is 5.56 Å². The summed E-state index contributed by atoms with van der Waals surface area (Å²) in [5.74, 6) is 0.0154. The molecule has 0 aliphatic carbocycles. The summed E-state index contributed by atoms with van der Waals surface area (Å²) in [6.45, 7) is 0. The second-order valence-corrected chi connectivity index (χ2v) is 4.18. The molecular formula is C9H6ClF3N4S. The van der Waals surface area contributed by atoms with Crippen LogP contribution in [-0.2, 0) is 6.18 Å². The molecule has 3 N–H and O–H groups in total. The number of hydrogen-bond acceptors (Lipinski definition) is 3. The highest BCUT2D eigenvalue weighted by Gasteiger charge is 2.31. The predicted molar refractivity (Wildman–Crippen MR) is 63.2 cm³/mol. The number of benzene rings is 1. The Labute approximate surface area is 109 Å². The van der Waals surface area contributed by atoms with Crippen molar-refractivity contribution < 1.29 is 13.2 Å². The number of alkyl halides is 3. The smallest absolute Gasteiger partial charge is 0.368 e. The number of nitrogens with zero attached hydrogens (tertiary/aromatic N) is 2. The fraction of sp³-hybridized carbons (Fsp3) is 0.111. The van der Waals surface area contributed by atoms with Gasteiger partial charge in [-0.3, -0.25) is 4.57 Å². The maximum absolute atomic E-state index is 12.5. The maximum Gasteiger partial charge on any atom is 0.416 e. The third-order valence-corrected chi connectivity index (χ3v) is 2.79. The predicted octanol–water partition coefficient (Wildman–Crippen LogP) is 3.18. The van der Waals surface area contributed by atoms with Crippen molar-refractivity contribution in [3.8, 4) is 5.69 Å². The standard InChI is InChI=1S/C9H6ClF3N4S/c10-5-3-4(9(11,12)13)1-2-6(5)17-7(14)15-16-8(17)18/h1-3H,(H2,14,15)(H,16,18). The lowest BCUT2D eigenvalue weighted by Gasteiger charge is -2.10. The molecule has 0 spiro atoms. The highest BCUT2D eigenvalue weighted by molar-refractivity contribution is 7.71. The first-order chi connectivity index (χ1) is 8.30. The minimum absolute atomic E-state index is 0.0154. The van der Waals surface area contributed by atoms with Crippen LogP contribution in [0.5, 0.6) is 0 Å². The van der Waals surface area contributed by atoms with Crippen molar-refractivity contribution in [3.05, 3.63) is 33.6 Å². The first kappa shape index (κ1) is 12.9. The Kier molecular flexibility index (Phi) is 3.07. The molecule has 0 atom stereocenters. The number of aromatic nitrogens is 3. The number of aromatic amines is 1. The number of nitrogens with one attached hydrogen (secondary N) is 1. The molecule has 1 heterocycles. The van der Waals surface area contributed by atoms with E-state index in [0.717, 1.165) is 12.1 Å². The highest BCUT2D eigenvalue weighted by atomic mass is 35.5. The van der Waals surface area contributed by atoms with Crippen LogP contribution in [0.4, 0.5) is 19.1 Å². The molecule has 18 heavy (non-hydrogen) atoms. The van der Waals surface area contributed by atoms with Crippen molar-refractivity contribution in [3.63, 3.8) is 0 Å². The van der Waals surface area contributed by atoms with Crippen LogP contribution < -0.4 is 5.73 Å². The van der Waals surface area contributed by atoms with E-state index in [4.69, 9.17) is 29.6 Å². The minimum atomic E-state index is -4.45. The van der Waals surface area contributed by atoms with Crippen molar-refractivity contribution in [2.75, 3.05) is 5.73 Å². The van der Waals surface area contributed by atoms with E-state index >= 15 is 0 Å². The molecule has 1 aromatic carbocycles. The third-order valence-electron chi connectivity index (χ3n) is 2.21. The number of nitrogen functional groups attached to an aromatic ring is 1. The van der Waals surface area contributed by atoms with Crippen molar-refractivity contribution >= 4 is 29.8 Å². The second-order valence-electron chi connectivity index (χ2n) is 3.39. The second kappa shape index (κ2) is 4.29. The topological polar surface area (TPSA) is 59.6 Å². The lowest BCUT2D eigenvalue weighted by atomic mass is 10.2. The van der Waals surface area contributed by atoms with Gasteiger partial charge in [-0.15, -0.1) is 5.10 Å². The lowest BCUT2D eigenvalue weighted by Crippen LogP contribution is -2.07. The van der Waals surface area contributed by atoms with Crippen molar-refractivity contribution in [2.45, 2.75) is 6.18 Å². The monoisotopic (exact) mass is 294 g/mol. The zero-order valence-electron chi connectivity index (χ0n) is 8.62. The van der Waals surface area contributed by atoms with E-state index in [0.29, 0.717) is 0 Å². The first-order valence-corrected chi connectivity index (χ1v) is 5.39. The summed E-state index contributed by atoms with van der Waals surface area (Å²) in [6, 6.07) is 2.90. The van der Waals surface area contributed by atoms with Crippen LogP contribution in [-0.4, -0.2) is 14.8 Å². The van der Waals surface area contributed by atoms with Crippen molar-refractivity contribution in [1.82, 2.24) is 14.8 Å². The van der Waals surface area contributed by atoms with Gasteiger partial charge in [-0.2, -0.15) is 13.2 Å². The van der Waals surface area contributed by atoms with Gasteiger partial charge in [0.25, 0.3) is 0 Å². The molecule has 0 aliphatic rings. The van der Waals surface area contributed by atoms with Gasteiger partial charge < -0.3 is 5.73 Å². The Morgan fingerprint density at radius 3 is 2.50 bits per heavy atom. The normalized spacial score (nSPS) is 11.8. The van der Waals surface area contributed by atoms with Gasteiger partial charge >= 0.3 is 6.18 Å². The number of halogens is 4. The van der Waals surface area contributed by atoms with Gasteiger partial charge in [-0.1, -0.05) is 11.6 Å². The van der Waals surface area contributed by atoms with E-state index < -0.39 is 11.7 Å². The Bertz CT molecular complexity index is 646. The van der Waals surface area contributed by atoms with Gasteiger partial charge in [0.1, 0.15) is 0 Å². The van der Waals surface area contributed by atoms with Gasteiger partial charge in [0.2, 0.25) is 10.7 Å². The fourth-order valence-corrected chi connectivity index (χ4v) is 1.91. The maximum atomic E-state index is 12.5. The molecule has 96 valence electrons. The van der Waals surface area contributed by atoms with Crippen LogP contribution in [0.3, 0.4) is 0 Å². The Balaban J connectivity index is 2.59. The molecule has 0 unspecified atom stereocenters. The van der Waals surface area contributed by atoms with E-state index in [1.54, 1.807) is 0 Å². The molecule has 0 radical (unpaired) electrons. The SMILES string of the molecule is Nc1n[nH]c(=S)n1-c1ccc(C(F)(F)F)cc1Cl. The van der Waals surface area contributed by atoms with Crippen molar-refractivity contribution in [1.29, 1.82) is 0 Å². The summed E-state index contributed by atoms with van der Waals surface area (Å²) in [6.07, 6.45) is -4.45. The molecule has 4 nitrogen and oxygen atoms in total. The molecule has 1 aromatic heterocycles. The molecular weight excluding hydrogens is 289 g/mol. The first-order valence-electron chi connectivity index (χ1n) is 4.60. The molecule has 9 heteroatoms. The van der Waals surface area contributed by atoms with Gasteiger partial charge in [-0.05, 0) is 30.4 Å². The summed E-state index contributed by atoms with van der Waals surface area (Å²) in [4.78, 5) is 0. The fourth-order valence-electron chi connectivity index (χ4n) is 1.41. The van der Waals surface area contributed by atoms with Crippen LogP contribution in [0.15, 0.2) is 18.2 Å². The van der Waals surface area contributed by atoms with Crippen LogP contribution in [0, 0.1) is 4.77 Å². The number of H-pyrrole nitrogens is 1. The molecule has 0 bridgehead atoms. The summed E-state index contributed by atoms with van der Waals surface area (Å²) < 4.78 is 38.8. The van der Waals surface area contributed by atoms with E-state index in [9.17, 15) is 13.2 Å². The summed E-state index contributed by atoms with van der Waals surface area (Å²) in [7, 11) is 0. The molecule has 2 aromatic rings. The van der Waals surface area contributed by atoms with E-state index in [1.165, 1.54) is 10.6 Å². The summed E-state index contributed by atoms with van der Waals surface area (Å²) in [5.41, 5.74) is 4.93. The largest absolute Gasteiger partial charge is 0.416 e. The third kappa shape index (κ3) is 2.21. The van der Waals surface area contributed by atoms with E-state index in [2.05, 4.69) is 10.2 Å². The number of hydrogen-bond donors (Lipinski definition) is 2. The average Bonchev–Trinajstić information content (AvgIpc) is 2.58. The molecule has 0 fully saturated rings. The zero-order valence-corrected chi connectivity index (χ0v) is 10.2. The molecule has 0 saturated heterocycles. The molecule has 0 amide bonds. The number of anilines is 1.